The molecule has 27 heavy (non-hydrogen) atoms. The molecular weight excluding hydrogens is 379 g/mol. The zero-order chi connectivity index (χ0) is 18.8. The zero-order valence-corrected chi connectivity index (χ0v) is 15.6. The molecule has 0 aliphatic rings. The van der Waals surface area contributed by atoms with Gasteiger partial charge in [0.25, 0.3) is 5.91 Å². The number of rotatable bonds is 3. The third-order valence-electron chi connectivity index (χ3n) is 4.15. The molecule has 1 aromatic heterocycles. The molecule has 0 radical (unpaired) electrons. The SMILES string of the molecule is O=C(Nc1cc(Cl)cc(Cl)c1)c1cc(-c2ccccc2)nc2ccccc12. The van der Waals surface area contributed by atoms with Crippen LogP contribution in [-0.4, -0.2) is 10.9 Å². The number of nitrogens with zero attached hydrogens (tertiary/aromatic N) is 1. The molecule has 4 rings (SSSR count). The third-order valence-corrected chi connectivity index (χ3v) is 4.59. The maximum absolute atomic E-state index is 13.0. The van der Waals surface area contributed by atoms with E-state index < -0.39 is 0 Å². The predicted octanol–water partition coefficient (Wildman–Crippen LogP) is 6.46. The summed E-state index contributed by atoms with van der Waals surface area (Å²) in [6.07, 6.45) is 0. The molecule has 3 nitrogen and oxygen atoms in total. The number of nitrogens with one attached hydrogen (secondary N) is 1. The lowest BCUT2D eigenvalue weighted by Gasteiger charge is -2.11. The topological polar surface area (TPSA) is 42.0 Å². The summed E-state index contributed by atoms with van der Waals surface area (Å²) < 4.78 is 0. The van der Waals surface area contributed by atoms with E-state index >= 15 is 0 Å². The van der Waals surface area contributed by atoms with Crippen LogP contribution in [0.15, 0.2) is 78.9 Å². The zero-order valence-electron chi connectivity index (χ0n) is 14.1. The number of benzene rings is 3. The van der Waals surface area contributed by atoms with E-state index in [1.54, 1.807) is 24.3 Å². The van der Waals surface area contributed by atoms with Gasteiger partial charge in [0, 0.05) is 26.7 Å². The Morgan fingerprint density at radius 1 is 0.815 bits per heavy atom. The summed E-state index contributed by atoms with van der Waals surface area (Å²) in [7, 11) is 0. The van der Waals surface area contributed by atoms with E-state index in [4.69, 9.17) is 28.2 Å². The Balaban J connectivity index is 1.81. The molecular formula is C22H14Cl2N2O. The Bertz CT molecular complexity index is 1120. The summed E-state index contributed by atoms with van der Waals surface area (Å²) in [6.45, 7) is 0. The first-order valence-electron chi connectivity index (χ1n) is 8.33. The van der Waals surface area contributed by atoms with Crippen molar-refractivity contribution in [1.82, 2.24) is 4.98 Å². The molecule has 3 aromatic carbocycles. The van der Waals surface area contributed by atoms with Gasteiger partial charge in [0.05, 0.1) is 16.8 Å². The molecule has 1 heterocycles. The second kappa shape index (κ2) is 7.39. The summed E-state index contributed by atoms with van der Waals surface area (Å²) in [5.41, 5.74) is 3.52. The Labute approximate surface area is 166 Å². The first kappa shape index (κ1) is 17.5. The van der Waals surface area contributed by atoms with Gasteiger partial charge in [-0.15, -0.1) is 0 Å². The minimum atomic E-state index is -0.246. The number of carbonyl (C=O) groups excluding carboxylic acids is 1. The van der Waals surface area contributed by atoms with Crippen molar-refractivity contribution in [2.24, 2.45) is 0 Å². The highest BCUT2D eigenvalue weighted by Gasteiger charge is 2.14. The predicted molar refractivity (Wildman–Crippen MR) is 112 cm³/mol. The van der Waals surface area contributed by atoms with Crippen LogP contribution in [0, 0.1) is 0 Å². The molecule has 132 valence electrons. The monoisotopic (exact) mass is 392 g/mol. The number of halogens is 2. The summed E-state index contributed by atoms with van der Waals surface area (Å²) in [5, 5.41) is 4.58. The van der Waals surface area contributed by atoms with Crippen molar-refractivity contribution in [3.05, 3.63) is 94.5 Å². The van der Waals surface area contributed by atoms with Crippen LogP contribution in [0.5, 0.6) is 0 Å². The average Bonchev–Trinajstić information content (AvgIpc) is 2.67. The molecule has 1 amide bonds. The van der Waals surface area contributed by atoms with Crippen molar-refractivity contribution < 1.29 is 4.79 Å². The molecule has 1 N–H and O–H groups in total. The molecule has 0 spiro atoms. The molecule has 4 aromatic rings. The van der Waals surface area contributed by atoms with Crippen molar-refractivity contribution in [2.45, 2.75) is 0 Å². The first-order chi connectivity index (χ1) is 13.1. The van der Waals surface area contributed by atoms with Crippen molar-refractivity contribution in [3.63, 3.8) is 0 Å². The number of hydrogen-bond donors (Lipinski definition) is 1. The fourth-order valence-electron chi connectivity index (χ4n) is 2.94. The molecule has 0 saturated carbocycles. The Morgan fingerprint density at radius 2 is 1.48 bits per heavy atom. The van der Waals surface area contributed by atoms with E-state index in [1.165, 1.54) is 0 Å². The highest BCUT2D eigenvalue weighted by Crippen LogP contribution is 2.27. The lowest BCUT2D eigenvalue weighted by molar-refractivity contribution is 0.102. The van der Waals surface area contributed by atoms with Crippen LogP contribution in [0.1, 0.15) is 10.4 Å². The summed E-state index contributed by atoms with van der Waals surface area (Å²) in [5.74, 6) is -0.246. The van der Waals surface area contributed by atoms with Crippen molar-refractivity contribution in [3.8, 4) is 11.3 Å². The molecule has 0 atom stereocenters. The van der Waals surface area contributed by atoms with E-state index in [0.29, 0.717) is 21.3 Å². The van der Waals surface area contributed by atoms with Crippen molar-refractivity contribution in [1.29, 1.82) is 0 Å². The molecule has 5 heteroatoms. The fourth-order valence-corrected chi connectivity index (χ4v) is 3.47. The van der Waals surface area contributed by atoms with Crippen molar-refractivity contribution >= 4 is 45.7 Å². The van der Waals surface area contributed by atoms with Crippen LogP contribution in [0.2, 0.25) is 10.0 Å². The third kappa shape index (κ3) is 3.80. The van der Waals surface area contributed by atoms with Gasteiger partial charge in [0.2, 0.25) is 0 Å². The Morgan fingerprint density at radius 3 is 2.22 bits per heavy atom. The molecule has 0 bridgehead atoms. The van der Waals surface area contributed by atoms with E-state index in [2.05, 4.69) is 5.32 Å². The Hall–Kier alpha value is -2.88. The number of para-hydroxylation sites is 1. The lowest BCUT2D eigenvalue weighted by Crippen LogP contribution is -2.13. The highest BCUT2D eigenvalue weighted by molar-refractivity contribution is 6.35. The largest absolute Gasteiger partial charge is 0.322 e. The molecule has 0 aliphatic heterocycles. The molecule has 0 fully saturated rings. The number of carbonyl (C=O) groups is 1. The normalized spacial score (nSPS) is 10.7. The molecule has 0 saturated heterocycles. The van der Waals surface area contributed by atoms with Crippen LogP contribution in [0.3, 0.4) is 0 Å². The number of anilines is 1. The van der Waals surface area contributed by atoms with Crippen molar-refractivity contribution in [2.75, 3.05) is 5.32 Å². The maximum Gasteiger partial charge on any atom is 0.256 e. The standard InChI is InChI=1S/C22H14Cl2N2O/c23-15-10-16(24)12-17(11-15)25-22(27)19-13-21(14-6-2-1-3-7-14)26-20-9-5-4-8-18(19)20/h1-13H,(H,25,27). The minimum absolute atomic E-state index is 0.246. The second-order valence-corrected chi connectivity index (χ2v) is 6.92. The van der Waals surface area contributed by atoms with Gasteiger partial charge >= 0.3 is 0 Å². The first-order valence-corrected chi connectivity index (χ1v) is 9.08. The van der Waals surface area contributed by atoms with E-state index in [1.807, 2.05) is 54.6 Å². The summed E-state index contributed by atoms with van der Waals surface area (Å²) >= 11 is 12.1. The fraction of sp³-hybridized carbons (Fsp3) is 0. The van der Waals surface area contributed by atoms with E-state index in [-0.39, 0.29) is 5.91 Å². The van der Waals surface area contributed by atoms with Crippen LogP contribution in [0.4, 0.5) is 5.69 Å². The smallest absolute Gasteiger partial charge is 0.256 e. The number of hydrogen-bond acceptors (Lipinski definition) is 2. The van der Waals surface area contributed by atoms with Gasteiger partial charge < -0.3 is 5.32 Å². The van der Waals surface area contributed by atoms with Gasteiger partial charge in [-0.1, -0.05) is 71.7 Å². The van der Waals surface area contributed by atoms with Gasteiger partial charge in [0.15, 0.2) is 0 Å². The lowest BCUT2D eigenvalue weighted by atomic mass is 10.0. The van der Waals surface area contributed by atoms with Crippen LogP contribution in [0.25, 0.3) is 22.2 Å². The molecule has 0 unspecified atom stereocenters. The summed E-state index contributed by atoms with van der Waals surface area (Å²) in [4.78, 5) is 17.7. The number of amides is 1. The Kier molecular flexibility index (Phi) is 4.80. The number of fused-ring (bicyclic) bond motifs is 1. The van der Waals surface area contributed by atoms with Gasteiger partial charge in [0.1, 0.15) is 0 Å². The summed E-state index contributed by atoms with van der Waals surface area (Å²) in [6, 6.07) is 24.1. The van der Waals surface area contributed by atoms with Gasteiger partial charge in [-0.2, -0.15) is 0 Å². The van der Waals surface area contributed by atoms with Crippen LogP contribution >= 0.6 is 23.2 Å². The van der Waals surface area contributed by atoms with E-state index in [9.17, 15) is 4.79 Å². The quantitative estimate of drug-likeness (QED) is 0.434. The second-order valence-electron chi connectivity index (χ2n) is 6.05. The molecule has 0 aliphatic carbocycles. The van der Waals surface area contributed by atoms with Crippen LogP contribution in [-0.2, 0) is 0 Å². The number of pyridine rings is 1. The van der Waals surface area contributed by atoms with Gasteiger partial charge in [-0.05, 0) is 30.3 Å². The maximum atomic E-state index is 13.0. The minimum Gasteiger partial charge on any atom is -0.322 e. The number of aromatic nitrogens is 1. The van der Waals surface area contributed by atoms with E-state index in [0.717, 1.165) is 22.2 Å². The van der Waals surface area contributed by atoms with Gasteiger partial charge in [-0.3, -0.25) is 4.79 Å². The average molecular weight is 393 g/mol. The van der Waals surface area contributed by atoms with Crippen LogP contribution < -0.4 is 5.32 Å². The highest BCUT2D eigenvalue weighted by atomic mass is 35.5. The van der Waals surface area contributed by atoms with Gasteiger partial charge in [-0.25, -0.2) is 4.98 Å².